The first-order chi connectivity index (χ1) is 8.46. The van der Waals surface area contributed by atoms with Crippen molar-refractivity contribution in [1.29, 1.82) is 0 Å². The number of fused-ring (bicyclic) bond motifs is 3. The molecular weight excluding hydrogens is 232 g/mol. The first-order valence-corrected chi connectivity index (χ1v) is 6.37. The predicted octanol–water partition coefficient (Wildman–Crippen LogP) is 2.16. The summed E-state index contributed by atoms with van der Waals surface area (Å²) in [4.78, 5) is 10.9. The van der Waals surface area contributed by atoms with Crippen LogP contribution < -0.4 is 0 Å². The van der Waals surface area contributed by atoms with Crippen LogP contribution >= 0.6 is 0 Å². The molecule has 4 atom stereocenters. The predicted molar refractivity (Wildman–Crippen MR) is 64.4 cm³/mol. The number of allylic oxidation sites excluding steroid dienone is 2. The van der Waals surface area contributed by atoms with Gasteiger partial charge >= 0.3 is 5.97 Å². The van der Waals surface area contributed by atoms with Crippen molar-refractivity contribution in [3.8, 4) is 0 Å². The maximum absolute atomic E-state index is 10.9. The molecule has 0 radical (unpaired) electrons. The Labute approximate surface area is 107 Å². The lowest BCUT2D eigenvalue weighted by molar-refractivity contribution is -0.156. The van der Waals surface area contributed by atoms with Gasteiger partial charge in [0.1, 0.15) is 0 Å². The standard InChI is InChI=1S/C14H18O4/c1-8(15)16-7-10-5-4-9-6-11-13(12(9)10)18-14(2,3)17-11/h4-5,7,9,11-13H,6H2,1-3H3/b10-7+/t9-,11-,12+,13-/m1/s1. The summed E-state index contributed by atoms with van der Waals surface area (Å²) in [7, 11) is 0. The second-order valence-corrected chi connectivity index (χ2v) is 5.65. The Kier molecular flexibility index (Phi) is 2.61. The maximum Gasteiger partial charge on any atom is 0.307 e. The Hall–Kier alpha value is -1.13. The van der Waals surface area contributed by atoms with Crippen LogP contribution in [-0.4, -0.2) is 24.0 Å². The Balaban J connectivity index is 1.80. The summed E-state index contributed by atoms with van der Waals surface area (Å²) in [5.41, 5.74) is 1.03. The highest BCUT2D eigenvalue weighted by atomic mass is 16.8. The molecule has 0 N–H and O–H groups in total. The lowest BCUT2D eigenvalue weighted by Crippen LogP contribution is -2.27. The first-order valence-electron chi connectivity index (χ1n) is 6.37. The Morgan fingerprint density at radius 1 is 1.50 bits per heavy atom. The molecular formula is C14H18O4. The maximum atomic E-state index is 10.9. The van der Waals surface area contributed by atoms with E-state index in [-0.39, 0.29) is 24.1 Å². The van der Waals surface area contributed by atoms with Crippen LogP contribution in [-0.2, 0) is 19.0 Å². The normalized spacial score (nSPS) is 42.1. The zero-order valence-electron chi connectivity index (χ0n) is 10.9. The van der Waals surface area contributed by atoms with Crippen molar-refractivity contribution in [3.63, 3.8) is 0 Å². The lowest BCUT2D eigenvalue weighted by atomic mass is 9.94. The van der Waals surface area contributed by atoms with E-state index >= 15 is 0 Å². The van der Waals surface area contributed by atoms with Crippen molar-refractivity contribution >= 4 is 5.97 Å². The van der Waals surface area contributed by atoms with E-state index < -0.39 is 5.79 Å². The lowest BCUT2D eigenvalue weighted by Gasteiger charge is -2.22. The Morgan fingerprint density at radius 2 is 2.28 bits per heavy atom. The van der Waals surface area contributed by atoms with Crippen LogP contribution in [0.15, 0.2) is 24.0 Å². The number of esters is 1. The summed E-state index contributed by atoms with van der Waals surface area (Å²) in [5.74, 6) is -0.0954. The highest BCUT2D eigenvalue weighted by Crippen LogP contribution is 2.50. The summed E-state index contributed by atoms with van der Waals surface area (Å²) >= 11 is 0. The Bertz CT molecular complexity index is 435. The third-order valence-corrected chi connectivity index (χ3v) is 3.82. The average molecular weight is 250 g/mol. The molecule has 4 heteroatoms. The summed E-state index contributed by atoms with van der Waals surface area (Å²) < 4.78 is 16.9. The Morgan fingerprint density at radius 3 is 3.00 bits per heavy atom. The number of hydrogen-bond acceptors (Lipinski definition) is 4. The van der Waals surface area contributed by atoms with Gasteiger partial charge in [-0.05, 0) is 31.8 Å². The minimum absolute atomic E-state index is 0.0711. The fraction of sp³-hybridized carbons (Fsp3) is 0.643. The first kappa shape index (κ1) is 11.9. The van der Waals surface area contributed by atoms with Crippen LogP contribution in [0.4, 0.5) is 0 Å². The molecule has 3 aliphatic rings. The second-order valence-electron chi connectivity index (χ2n) is 5.65. The van der Waals surface area contributed by atoms with Crippen LogP contribution in [0, 0.1) is 11.8 Å². The molecule has 0 aromatic rings. The molecule has 0 bridgehead atoms. The monoisotopic (exact) mass is 250 g/mol. The van der Waals surface area contributed by atoms with Crippen molar-refractivity contribution in [3.05, 3.63) is 24.0 Å². The van der Waals surface area contributed by atoms with Crippen LogP contribution in [0.25, 0.3) is 0 Å². The SMILES string of the molecule is CC(=O)O/C=C1\C=C[C@@H]2C[C@H]3OC(C)(C)O[C@H]3[C@H]12. The van der Waals surface area contributed by atoms with Crippen molar-refractivity contribution in [2.75, 3.05) is 0 Å². The second kappa shape index (κ2) is 3.93. The molecule has 1 saturated heterocycles. The quantitative estimate of drug-likeness (QED) is 0.528. The van der Waals surface area contributed by atoms with Gasteiger partial charge in [0.15, 0.2) is 5.79 Å². The molecule has 4 nitrogen and oxygen atoms in total. The van der Waals surface area contributed by atoms with Gasteiger partial charge in [-0.25, -0.2) is 0 Å². The minimum atomic E-state index is -0.505. The zero-order chi connectivity index (χ0) is 12.9. The highest BCUT2D eigenvalue weighted by Gasteiger charge is 2.54. The van der Waals surface area contributed by atoms with Gasteiger partial charge in [-0.2, -0.15) is 0 Å². The minimum Gasteiger partial charge on any atom is -0.434 e. The van der Waals surface area contributed by atoms with Gasteiger partial charge < -0.3 is 14.2 Å². The van der Waals surface area contributed by atoms with Crippen LogP contribution in [0.3, 0.4) is 0 Å². The fourth-order valence-corrected chi connectivity index (χ4v) is 3.26. The number of carbonyl (C=O) groups excluding carboxylic acids is 1. The summed E-state index contributed by atoms with van der Waals surface area (Å²) in [6.07, 6.45) is 6.96. The molecule has 98 valence electrons. The van der Waals surface area contributed by atoms with E-state index in [0.29, 0.717) is 5.92 Å². The van der Waals surface area contributed by atoms with Crippen LogP contribution in [0.1, 0.15) is 27.2 Å². The van der Waals surface area contributed by atoms with E-state index in [1.54, 1.807) is 6.26 Å². The van der Waals surface area contributed by atoms with Crippen LogP contribution in [0.5, 0.6) is 0 Å². The molecule has 2 aliphatic carbocycles. The molecule has 0 unspecified atom stereocenters. The zero-order valence-corrected chi connectivity index (χ0v) is 10.9. The molecule has 1 aliphatic heterocycles. The fourth-order valence-electron chi connectivity index (χ4n) is 3.26. The highest BCUT2D eigenvalue weighted by molar-refractivity contribution is 5.66. The summed E-state index contributed by atoms with van der Waals surface area (Å²) in [5, 5.41) is 0. The molecule has 0 aromatic heterocycles. The van der Waals surface area contributed by atoms with E-state index in [9.17, 15) is 4.79 Å². The van der Waals surface area contributed by atoms with Crippen molar-refractivity contribution in [2.24, 2.45) is 11.8 Å². The van der Waals surface area contributed by atoms with Gasteiger partial charge in [0, 0.05) is 12.8 Å². The van der Waals surface area contributed by atoms with E-state index in [2.05, 4.69) is 6.08 Å². The number of hydrogen-bond donors (Lipinski definition) is 0. The molecule has 0 aromatic carbocycles. The smallest absolute Gasteiger partial charge is 0.307 e. The average Bonchev–Trinajstić information content (AvgIpc) is 2.83. The van der Waals surface area contributed by atoms with Gasteiger partial charge in [-0.1, -0.05) is 12.2 Å². The van der Waals surface area contributed by atoms with E-state index in [1.165, 1.54) is 6.92 Å². The molecule has 3 rings (SSSR count). The third kappa shape index (κ3) is 1.89. The summed E-state index contributed by atoms with van der Waals surface area (Å²) in [6.45, 7) is 5.29. The topological polar surface area (TPSA) is 44.8 Å². The van der Waals surface area contributed by atoms with Crippen molar-refractivity contribution in [2.45, 2.75) is 45.2 Å². The van der Waals surface area contributed by atoms with E-state index in [4.69, 9.17) is 14.2 Å². The molecule has 18 heavy (non-hydrogen) atoms. The van der Waals surface area contributed by atoms with Gasteiger partial charge in [-0.15, -0.1) is 0 Å². The molecule has 2 fully saturated rings. The number of ether oxygens (including phenoxy) is 3. The number of rotatable bonds is 1. The third-order valence-electron chi connectivity index (χ3n) is 3.82. The summed E-state index contributed by atoms with van der Waals surface area (Å²) in [6, 6.07) is 0. The van der Waals surface area contributed by atoms with Crippen LogP contribution in [0.2, 0.25) is 0 Å². The van der Waals surface area contributed by atoms with E-state index in [1.807, 2.05) is 19.9 Å². The van der Waals surface area contributed by atoms with Gasteiger partial charge in [0.2, 0.25) is 0 Å². The molecule has 1 saturated carbocycles. The van der Waals surface area contributed by atoms with Gasteiger partial charge in [0.25, 0.3) is 0 Å². The molecule has 0 spiro atoms. The van der Waals surface area contributed by atoms with Crippen molar-refractivity contribution < 1.29 is 19.0 Å². The number of carbonyl (C=O) groups is 1. The van der Waals surface area contributed by atoms with E-state index in [0.717, 1.165) is 12.0 Å². The molecule has 1 heterocycles. The van der Waals surface area contributed by atoms with Gasteiger partial charge in [-0.3, -0.25) is 4.79 Å². The van der Waals surface area contributed by atoms with Crippen molar-refractivity contribution in [1.82, 2.24) is 0 Å². The molecule has 0 amide bonds. The van der Waals surface area contributed by atoms with Gasteiger partial charge in [0.05, 0.1) is 18.5 Å². The largest absolute Gasteiger partial charge is 0.434 e.